The summed E-state index contributed by atoms with van der Waals surface area (Å²) in [4.78, 5) is 112. The van der Waals surface area contributed by atoms with Crippen LogP contribution in [0.3, 0.4) is 0 Å². The highest BCUT2D eigenvalue weighted by molar-refractivity contribution is 6.12. The van der Waals surface area contributed by atoms with Crippen molar-refractivity contribution >= 4 is 47.3 Å². The Morgan fingerprint density at radius 2 is 1.46 bits per heavy atom. The number of amides is 7. The summed E-state index contributed by atoms with van der Waals surface area (Å²) in [5, 5.41) is 19.4. The molecule has 17 heteroatoms. The summed E-state index contributed by atoms with van der Waals surface area (Å²) in [7, 11) is 4.72. The normalized spacial score (nSPS) is 19.7. The average Bonchev–Trinajstić information content (AvgIpc) is 4.07. The van der Waals surface area contributed by atoms with Gasteiger partial charge < -0.3 is 40.3 Å². The van der Waals surface area contributed by atoms with Gasteiger partial charge in [0.25, 0.3) is 11.8 Å². The molecule has 7 amide bonds. The van der Waals surface area contributed by atoms with Crippen molar-refractivity contribution in [1.29, 1.82) is 0 Å². The molecule has 4 N–H and O–H groups in total. The third-order valence-electron chi connectivity index (χ3n) is 14.6. The summed E-state index contributed by atoms with van der Waals surface area (Å²) in [6.45, 7) is 14.6. The van der Waals surface area contributed by atoms with E-state index < -0.39 is 70.5 Å². The number of unbranched alkanes of at least 4 members (excludes halogenated alkanes) is 2. The van der Waals surface area contributed by atoms with E-state index in [2.05, 4.69) is 16.0 Å². The van der Waals surface area contributed by atoms with Crippen LogP contribution < -0.4 is 16.0 Å². The molecule has 0 radical (unpaired) electrons. The SMILES string of the molecule is CO[C@H]([C@@H](C)C(=O)N[C@@](Cc1ccccc1)(C(=O)O)C(C)(C)C)[C@@H]1CCCN1C(=O)C[C@@H](OC)[C@H](C1CCCC1)N(C)C(=O)[C@@H](NC(=O)C(C)(C)NC(=O)CCCCCN1C(=O)C=CC1=O)C(C)C. The van der Waals surface area contributed by atoms with E-state index in [1.807, 2.05) is 44.2 Å². The molecular formula is C52H80N6O11. The predicted octanol–water partition coefficient (Wildman–Crippen LogP) is 4.80. The maximum absolute atomic E-state index is 14.6. The van der Waals surface area contributed by atoms with Gasteiger partial charge in [0, 0.05) is 59.4 Å². The van der Waals surface area contributed by atoms with Gasteiger partial charge in [0.2, 0.25) is 29.5 Å². The van der Waals surface area contributed by atoms with Crippen LogP contribution in [0.15, 0.2) is 42.5 Å². The molecule has 384 valence electrons. The van der Waals surface area contributed by atoms with Crippen molar-refractivity contribution in [3.63, 3.8) is 0 Å². The zero-order chi connectivity index (χ0) is 51.4. The average molecular weight is 965 g/mol. The van der Waals surface area contributed by atoms with E-state index >= 15 is 0 Å². The second-order valence-corrected chi connectivity index (χ2v) is 21.2. The van der Waals surface area contributed by atoms with Crippen LogP contribution in [0.4, 0.5) is 0 Å². The van der Waals surface area contributed by atoms with Crippen LogP contribution in [0.5, 0.6) is 0 Å². The van der Waals surface area contributed by atoms with Crippen LogP contribution in [0.25, 0.3) is 0 Å². The maximum atomic E-state index is 14.6. The van der Waals surface area contributed by atoms with Crippen molar-refractivity contribution in [3.05, 3.63) is 48.0 Å². The van der Waals surface area contributed by atoms with Crippen molar-refractivity contribution in [2.24, 2.45) is 23.2 Å². The van der Waals surface area contributed by atoms with Gasteiger partial charge in [-0.05, 0) is 75.2 Å². The second-order valence-electron chi connectivity index (χ2n) is 21.2. The topological polar surface area (TPSA) is 221 Å². The van der Waals surface area contributed by atoms with E-state index in [4.69, 9.17) is 9.47 Å². The van der Waals surface area contributed by atoms with Crippen LogP contribution in [-0.4, -0.2) is 143 Å². The molecule has 1 aromatic rings. The number of carboxylic acid groups (broad SMARTS) is 1. The van der Waals surface area contributed by atoms with Gasteiger partial charge in [-0.25, -0.2) is 4.79 Å². The minimum atomic E-state index is -1.65. The van der Waals surface area contributed by atoms with Gasteiger partial charge in [-0.1, -0.05) is 91.1 Å². The Morgan fingerprint density at radius 1 is 0.841 bits per heavy atom. The number of carbonyl (C=O) groups excluding carboxylic acids is 7. The first-order valence-electron chi connectivity index (χ1n) is 24.8. The summed E-state index contributed by atoms with van der Waals surface area (Å²) in [6.07, 6.45) is 7.53. The zero-order valence-electron chi connectivity index (χ0n) is 42.9. The molecule has 7 atom stereocenters. The van der Waals surface area contributed by atoms with Crippen LogP contribution >= 0.6 is 0 Å². The number of rotatable bonds is 25. The minimum absolute atomic E-state index is 0.0157. The van der Waals surface area contributed by atoms with Gasteiger partial charge in [-0.15, -0.1) is 0 Å². The summed E-state index contributed by atoms with van der Waals surface area (Å²) in [5.74, 6) is -4.97. The highest BCUT2D eigenvalue weighted by Crippen LogP contribution is 2.37. The minimum Gasteiger partial charge on any atom is -0.479 e. The molecule has 17 nitrogen and oxygen atoms in total. The van der Waals surface area contributed by atoms with Crippen molar-refractivity contribution in [2.75, 3.05) is 34.4 Å². The first kappa shape index (κ1) is 56.4. The Morgan fingerprint density at radius 3 is 2.01 bits per heavy atom. The van der Waals surface area contributed by atoms with Crippen LogP contribution in [0.2, 0.25) is 0 Å². The number of imide groups is 1. The van der Waals surface area contributed by atoms with E-state index in [1.165, 1.54) is 26.4 Å². The summed E-state index contributed by atoms with van der Waals surface area (Å²) < 4.78 is 12.1. The van der Waals surface area contributed by atoms with Gasteiger partial charge >= 0.3 is 5.97 Å². The standard InChI is InChI=1S/C52H80N6O11/c1-33(2)43(53-48(65)51(7,8)54-39(59)26-16-13-19-29-58-40(60)27-28-41(58)61)47(64)56(9)44(36-23-17-18-24-36)38(68-10)31-42(62)57-30-20-25-37(57)45(69-11)34(3)46(63)55-52(49(66)67,50(4,5)6)32-35-21-14-12-15-22-35/h12,14-15,21-22,27-28,33-34,36-38,43-45H,13,16-20,23-26,29-32H2,1-11H3,(H,53,65)(H,54,59)(H,55,63)(H,66,67)/t34-,37+,38-,43+,44+,45-,52+/m1/s1. The largest absolute Gasteiger partial charge is 0.479 e. The molecule has 1 aliphatic carbocycles. The Labute approximate surface area is 409 Å². The first-order chi connectivity index (χ1) is 32.4. The fraction of sp³-hybridized carbons (Fsp3) is 0.692. The molecule has 0 unspecified atom stereocenters. The zero-order valence-corrected chi connectivity index (χ0v) is 42.9. The van der Waals surface area contributed by atoms with Crippen molar-refractivity contribution in [3.8, 4) is 0 Å². The Hall–Kier alpha value is -5.16. The first-order valence-corrected chi connectivity index (χ1v) is 24.8. The molecule has 0 aromatic heterocycles. The highest BCUT2D eigenvalue weighted by atomic mass is 16.5. The number of carbonyl (C=O) groups is 8. The second kappa shape index (κ2) is 24.6. The van der Waals surface area contributed by atoms with Gasteiger partial charge in [0.05, 0.1) is 36.6 Å². The number of hydrogen-bond donors (Lipinski definition) is 4. The number of nitrogens with zero attached hydrogens (tertiary/aromatic N) is 3. The molecule has 1 aromatic carbocycles. The van der Waals surface area contributed by atoms with Crippen LogP contribution in [0.1, 0.15) is 132 Å². The molecule has 4 rings (SSSR count). The number of likely N-dealkylation sites (N-methyl/N-ethyl adjacent to an activating group) is 1. The third-order valence-corrected chi connectivity index (χ3v) is 14.6. The Kier molecular flexibility index (Phi) is 20.1. The number of aliphatic carboxylic acids is 1. The number of ether oxygens (including phenoxy) is 2. The molecular weight excluding hydrogens is 885 g/mol. The van der Waals surface area contributed by atoms with E-state index in [1.54, 1.807) is 58.4 Å². The molecule has 1 saturated carbocycles. The number of carboxylic acids is 1. The molecule has 2 heterocycles. The molecule has 1 saturated heterocycles. The molecule has 69 heavy (non-hydrogen) atoms. The number of nitrogens with one attached hydrogen (secondary N) is 3. The van der Waals surface area contributed by atoms with E-state index in [9.17, 15) is 43.5 Å². The lowest BCUT2D eigenvalue weighted by Gasteiger charge is -2.43. The highest BCUT2D eigenvalue weighted by Gasteiger charge is 2.52. The predicted molar refractivity (Wildman–Crippen MR) is 260 cm³/mol. The quantitative estimate of drug-likeness (QED) is 0.0770. The lowest BCUT2D eigenvalue weighted by molar-refractivity contribution is -0.155. The Bertz CT molecular complexity index is 1990. The third kappa shape index (κ3) is 14.0. The lowest BCUT2D eigenvalue weighted by atomic mass is 9.69. The number of benzene rings is 1. The van der Waals surface area contributed by atoms with Crippen LogP contribution in [0, 0.1) is 23.2 Å². The fourth-order valence-corrected chi connectivity index (χ4v) is 10.3. The molecule has 2 aliphatic heterocycles. The van der Waals surface area contributed by atoms with Gasteiger partial charge in [-0.2, -0.15) is 0 Å². The number of likely N-dealkylation sites (tertiary alicyclic amines) is 1. The van der Waals surface area contributed by atoms with Crippen molar-refractivity contribution in [1.82, 2.24) is 30.7 Å². The summed E-state index contributed by atoms with van der Waals surface area (Å²) >= 11 is 0. The molecule has 3 aliphatic rings. The van der Waals surface area contributed by atoms with Crippen molar-refractivity contribution < 1.29 is 52.9 Å². The van der Waals surface area contributed by atoms with Gasteiger partial charge in [-0.3, -0.25) is 38.5 Å². The van der Waals surface area contributed by atoms with Crippen molar-refractivity contribution in [2.45, 2.75) is 174 Å². The fourth-order valence-electron chi connectivity index (χ4n) is 10.3. The molecule has 0 spiro atoms. The molecule has 2 fully saturated rings. The lowest BCUT2D eigenvalue weighted by Crippen LogP contribution is -2.65. The smallest absolute Gasteiger partial charge is 0.330 e. The van der Waals surface area contributed by atoms with Gasteiger partial charge in [0.15, 0.2) is 0 Å². The number of methoxy groups -OCH3 is 2. The summed E-state index contributed by atoms with van der Waals surface area (Å²) in [6, 6.07) is 7.20. The maximum Gasteiger partial charge on any atom is 0.330 e. The monoisotopic (exact) mass is 965 g/mol. The van der Waals surface area contributed by atoms with E-state index in [0.29, 0.717) is 38.6 Å². The van der Waals surface area contributed by atoms with E-state index in [0.717, 1.165) is 36.1 Å². The summed E-state index contributed by atoms with van der Waals surface area (Å²) in [5.41, 5.74) is -3.15. The Balaban J connectivity index is 1.45. The molecule has 0 bridgehead atoms. The number of hydrogen-bond acceptors (Lipinski definition) is 10. The van der Waals surface area contributed by atoms with Gasteiger partial charge in [0.1, 0.15) is 17.1 Å². The van der Waals surface area contributed by atoms with E-state index in [-0.39, 0.29) is 67.2 Å². The van der Waals surface area contributed by atoms with Crippen LogP contribution in [-0.2, 0) is 54.3 Å².